The minimum absolute atomic E-state index is 0.0120. The van der Waals surface area contributed by atoms with Gasteiger partial charge in [-0.2, -0.15) is 5.26 Å². The van der Waals surface area contributed by atoms with Crippen LogP contribution in [0, 0.1) is 22.7 Å². The first kappa shape index (κ1) is 25.8. The van der Waals surface area contributed by atoms with Crippen LogP contribution < -0.4 is 5.32 Å². The van der Waals surface area contributed by atoms with Gasteiger partial charge in [0.05, 0.1) is 22.3 Å². The summed E-state index contributed by atoms with van der Waals surface area (Å²) >= 11 is 2.92. The second-order valence-electron chi connectivity index (χ2n) is 10.4. The molecule has 0 spiro atoms. The number of thiophene rings is 2. The molecule has 4 aromatic rings. The molecule has 1 atom stereocenters. The number of fused-ring (bicyclic) bond motifs is 2. The molecule has 1 unspecified atom stereocenters. The Morgan fingerprint density at radius 3 is 2.68 bits per heavy atom. The van der Waals surface area contributed by atoms with Gasteiger partial charge in [0, 0.05) is 10.3 Å². The maximum absolute atomic E-state index is 13.6. The summed E-state index contributed by atoms with van der Waals surface area (Å²) < 4.78 is 5.57. The van der Waals surface area contributed by atoms with Crippen molar-refractivity contribution in [1.82, 2.24) is 4.98 Å². The monoisotopic (exact) mass is 541 g/mol. The molecule has 192 valence electrons. The number of hydrogen-bond acceptors (Lipinski definition) is 7. The van der Waals surface area contributed by atoms with Crippen molar-refractivity contribution >= 4 is 62.1 Å². The molecule has 6 nitrogen and oxygen atoms in total. The van der Waals surface area contributed by atoms with Crippen LogP contribution in [0.25, 0.3) is 22.6 Å². The number of aromatic nitrogens is 1. The summed E-state index contributed by atoms with van der Waals surface area (Å²) in [5.74, 6) is -0.746. The van der Waals surface area contributed by atoms with Crippen molar-refractivity contribution in [3.8, 4) is 6.07 Å². The fourth-order valence-corrected chi connectivity index (χ4v) is 6.21. The smallest absolute Gasteiger partial charge is 0.339 e. The van der Waals surface area contributed by atoms with E-state index >= 15 is 0 Å². The molecule has 1 amide bonds. The normalized spacial score (nSPS) is 16.2. The number of carbonyl (C=O) groups is 2. The number of esters is 1. The Labute approximate surface area is 229 Å². The zero-order valence-electron chi connectivity index (χ0n) is 21.4. The van der Waals surface area contributed by atoms with Crippen molar-refractivity contribution in [2.75, 3.05) is 11.9 Å². The molecule has 1 aliphatic rings. The molecule has 1 N–H and O–H groups in total. The molecule has 0 aliphatic heterocycles. The van der Waals surface area contributed by atoms with Gasteiger partial charge in [0.25, 0.3) is 5.91 Å². The number of hydrogen-bond donors (Lipinski definition) is 1. The molecule has 1 aliphatic carbocycles. The minimum Gasteiger partial charge on any atom is -0.452 e. The first-order valence-electron chi connectivity index (χ1n) is 12.3. The van der Waals surface area contributed by atoms with Crippen LogP contribution in [0.3, 0.4) is 0 Å². The molecule has 0 bridgehead atoms. The first-order valence-corrected chi connectivity index (χ1v) is 14.1. The Balaban J connectivity index is 1.53. The van der Waals surface area contributed by atoms with Crippen molar-refractivity contribution in [3.63, 3.8) is 0 Å². The van der Waals surface area contributed by atoms with Crippen LogP contribution in [-0.4, -0.2) is 23.5 Å². The molecular formula is C30H27N3O3S2. The third-order valence-corrected chi connectivity index (χ3v) is 8.52. The summed E-state index contributed by atoms with van der Waals surface area (Å²) in [5, 5.41) is 16.8. The number of rotatable bonds is 5. The van der Waals surface area contributed by atoms with E-state index in [4.69, 9.17) is 9.72 Å². The number of anilines is 1. The number of para-hydroxylation sites is 1. The van der Waals surface area contributed by atoms with E-state index in [9.17, 15) is 14.9 Å². The Kier molecular flexibility index (Phi) is 7.15. The van der Waals surface area contributed by atoms with Gasteiger partial charge < -0.3 is 10.1 Å². The number of ether oxygens (including phenoxy) is 1. The lowest BCUT2D eigenvalue weighted by Gasteiger charge is -2.36. The fraction of sp³-hybridized carbons (Fsp3) is 0.267. The molecule has 3 aromatic heterocycles. The average Bonchev–Trinajstić information content (AvgIpc) is 3.57. The number of benzene rings is 1. The maximum atomic E-state index is 13.6. The number of nitrogens with one attached hydrogen (secondary N) is 1. The van der Waals surface area contributed by atoms with Crippen molar-refractivity contribution in [3.05, 3.63) is 80.5 Å². The van der Waals surface area contributed by atoms with Crippen molar-refractivity contribution in [1.29, 1.82) is 5.26 Å². The molecule has 3 heterocycles. The van der Waals surface area contributed by atoms with E-state index in [1.165, 1.54) is 11.3 Å². The van der Waals surface area contributed by atoms with Crippen molar-refractivity contribution in [2.24, 2.45) is 11.3 Å². The van der Waals surface area contributed by atoms with E-state index < -0.39 is 18.5 Å². The van der Waals surface area contributed by atoms with E-state index in [0.29, 0.717) is 39.4 Å². The Hall–Kier alpha value is -3.80. The highest BCUT2D eigenvalue weighted by molar-refractivity contribution is 7.14. The van der Waals surface area contributed by atoms with Gasteiger partial charge in [0.2, 0.25) is 0 Å². The number of nitrogens with zero attached hydrogens (tertiary/aromatic N) is 2. The van der Waals surface area contributed by atoms with E-state index in [2.05, 4.69) is 43.6 Å². The molecule has 5 rings (SSSR count). The van der Waals surface area contributed by atoms with Crippen LogP contribution in [0.1, 0.15) is 59.2 Å². The Morgan fingerprint density at radius 2 is 1.95 bits per heavy atom. The molecular weight excluding hydrogens is 514 g/mol. The third kappa shape index (κ3) is 5.26. The lowest BCUT2D eigenvalue weighted by Crippen LogP contribution is -2.29. The van der Waals surface area contributed by atoms with E-state index in [1.54, 1.807) is 22.8 Å². The standard InChI is InChI=1S/C30H27N3O3S2/c1-30(2,3)20-13-19(14-21-7-6-11-37-21)27-23(15-20)26(22-8-4-5-9-24(22)32-27)29(35)36-17-25(34)33-28-18(16-31)10-12-38-28/h4-12,14,20H,13,15,17H2,1-3H3,(H,33,34). The van der Waals surface area contributed by atoms with E-state index in [0.717, 1.165) is 28.1 Å². The SMILES string of the molecule is CC(C)(C)C1CC(=Cc2cccs2)c2nc3ccccc3c(C(=O)OCC(=O)Nc3sccc3C#N)c2C1. The highest BCUT2D eigenvalue weighted by Gasteiger charge is 2.35. The van der Waals surface area contributed by atoms with Crippen LogP contribution in [-0.2, 0) is 16.0 Å². The molecule has 38 heavy (non-hydrogen) atoms. The minimum atomic E-state index is -0.549. The summed E-state index contributed by atoms with van der Waals surface area (Å²) in [6, 6.07) is 15.3. The van der Waals surface area contributed by atoms with Crippen LogP contribution >= 0.6 is 22.7 Å². The van der Waals surface area contributed by atoms with Gasteiger partial charge in [0.1, 0.15) is 11.1 Å². The fourth-order valence-electron chi connectivity index (χ4n) is 4.77. The summed E-state index contributed by atoms with van der Waals surface area (Å²) in [6.07, 6.45) is 3.73. The van der Waals surface area contributed by atoms with Gasteiger partial charge in [-0.05, 0) is 70.3 Å². The lowest BCUT2D eigenvalue weighted by molar-refractivity contribution is -0.119. The van der Waals surface area contributed by atoms with Gasteiger partial charge in [-0.3, -0.25) is 4.79 Å². The highest BCUT2D eigenvalue weighted by Crippen LogP contribution is 2.45. The zero-order valence-corrected chi connectivity index (χ0v) is 23.0. The van der Waals surface area contributed by atoms with Gasteiger partial charge in [-0.1, -0.05) is 45.0 Å². The summed E-state index contributed by atoms with van der Waals surface area (Å²) in [5.41, 5.74) is 4.37. The van der Waals surface area contributed by atoms with E-state index in [1.807, 2.05) is 36.4 Å². The van der Waals surface area contributed by atoms with Gasteiger partial charge >= 0.3 is 5.97 Å². The van der Waals surface area contributed by atoms with Crippen LogP contribution in [0.15, 0.2) is 53.2 Å². The molecule has 0 saturated carbocycles. The molecule has 0 fully saturated rings. The summed E-state index contributed by atoms with van der Waals surface area (Å²) in [4.78, 5) is 32.4. The lowest BCUT2D eigenvalue weighted by atomic mass is 9.69. The maximum Gasteiger partial charge on any atom is 0.339 e. The predicted molar refractivity (Wildman–Crippen MR) is 153 cm³/mol. The molecule has 1 aromatic carbocycles. The van der Waals surface area contributed by atoms with E-state index in [-0.39, 0.29) is 5.41 Å². The third-order valence-electron chi connectivity index (χ3n) is 6.88. The predicted octanol–water partition coefficient (Wildman–Crippen LogP) is 7.17. The van der Waals surface area contributed by atoms with Crippen molar-refractivity contribution < 1.29 is 14.3 Å². The molecule has 8 heteroatoms. The molecule has 0 radical (unpaired) electrons. The average molecular weight is 542 g/mol. The second kappa shape index (κ2) is 10.5. The van der Waals surface area contributed by atoms with Crippen LogP contribution in [0.5, 0.6) is 0 Å². The number of allylic oxidation sites excluding steroid dienone is 1. The van der Waals surface area contributed by atoms with Gasteiger partial charge in [-0.25, -0.2) is 9.78 Å². The van der Waals surface area contributed by atoms with Gasteiger partial charge in [-0.15, -0.1) is 22.7 Å². The van der Waals surface area contributed by atoms with Gasteiger partial charge in [0.15, 0.2) is 6.61 Å². The summed E-state index contributed by atoms with van der Waals surface area (Å²) in [6.45, 7) is 6.22. The number of amides is 1. The molecule has 0 saturated heterocycles. The largest absolute Gasteiger partial charge is 0.452 e. The second-order valence-corrected chi connectivity index (χ2v) is 12.3. The van der Waals surface area contributed by atoms with Crippen LogP contribution in [0.2, 0.25) is 0 Å². The Bertz CT molecular complexity index is 1590. The number of carbonyl (C=O) groups excluding carboxylic acids is 2. The number of nitriles is 1. The van der Waals surface area contributed by atoms with Crippen LogP contribution in [0.4, 0.5) is 5.00 Å². The van der Waals surface area contributed by atoms with Crippen molar-refractivity contribution in [2.45, 2.75) is 33.6 Å². The highest BCUT2D eigenvalue weighted by atomic mass is 32.1. The first-order chi connectivity index (χ1) is 18.2. The summed E-state index contributed by atoms with van der Waals surface area (Å²) in [7, 11) is 0. The quantitative estimate of drug-likeness (QED) is 0.270. The topological polar surface area (TPSA) is 92.1 Å². The Morgan fingerprint density at radius 1 is 1.13 bits per heavy atom. The number of pyridine rings is 1. The zero-order chi connectivity index (χ0) is 26.9.